The van der Waals surface area contributed by atoms with Crippen molar-refractivity contribution < 1.29 is 17.6 Å². The van der Waals surface area contributed by atoms with Crippen molar-refractivity contribution in [2.75, 3.05) is 0 Å². The summed E-state index contributed by atoms with van der Waals surface area (Å²) in [6.45, 7) is 9.08. The predicted octanol–water partition coefficient (Wildman–Crippen LogP) is 3.63. The van der Waals surface area contributed by atoms with E-state index in [4.69, 9.17) is 0 Å². The Hall–Kier alpha value is -3.04. The summed E-state index contributed by atoms with van der Waals surface area (Å²) in [6.07, 6.45) is 0.211. The fraction of sp³-hybridized carbons (Fsp3) is 0.360. The number of hydrogen-bond acceptors (Lipinski definition) is 4. The van der Waals surface area contributed by atoms with Crippen LogP contribution in [-0.4, -0.2) is 24.1 Å². The van der Waals surface area contributed by atoms with Crippen LogP contribution in [0.2, 0.25) is 0 Å². The van der Waals surface area contributed by atoms with Crippen molar-refractivity contribution in [2.24, 2.45) is 5.92 Å². The average Bonchev–Trinajstić information content (AvgIpc) is 3.03. The molecule has 1 heterocycles. The minimum Gasteiger partial charge on any atom is -0.352 e. The molecule has 9 heteroatoms. The molecule has 1 aromatic heterocycles. The second-order valence-electron chi connectivity index (χ2n) is 8.78. The minimum absolute atomic E-state index is 0.0236. The van der Waals surface area contributed by atoms with Gasteiger partial charge in [-0.05, 0) is 55.2 Å². The zero-order valence-corrected chi connectivity index (χ0v) is 20.7. The molecule has 0 saturated carbocycles. The number of benzene rings is 2. The van der Waals surface area contributed by atoms with E-state index in [0.29, 0.717) is 17.0 Å². The van der Waals surface area contributed by atoms with Crippen LogP contribution in [0.1, 0.15) is 41.9 Å². The molecule has 34 heavy (non-hydrogen) atoms. The van der Waals surface area contributed by atoms with Crippen LogP contribution in [0.3, 0.4) is 0 Å². The van der Waals surface area contributed by atoms with E-state index in [1.165, 1.54) is 30.3 Å². The van der Waals surface area contributed by atoms with Crippen LogP contribution >= 0.6 is 0 Å². The van der Waals surface area contributed by atoms with Gasteiger partial charge in [-0.15, -0.1) is 0 Å². The highest BCUT2D eigenvalue weighted by molar-refractivity contribution is 7.89. The predicted molar refractivity (Wildman–Crippen MR) is 129 cm³/mol. The van der Waals surface area contributed by atoms with Gasteiger partial charge in [0.25, 0.3) is 0 Å². The topological polar surface area (TPSA) is 93.1 Å². The van der Waals surface area contributed by atoms with E-state index < -0.39 is 15.8 Å². The summed E-state index contributed by atoms with van der Waals surface area (Å²) in [6, 6.07) is 12.1. The van der Waals surface area contributed by atoms with Gasteiger partial charge in [-0.2, -0.15) is 5.10 Å². The molecule has 3 aromatic rings. The number of rotatable bonds is 10. The molecule has 7 nitrogen and oxygen atoms in total. The monoisotopic (exact) mass is 486 g/mol. The van der Waals surface area contributed by atoms with Crippen molar-refractivity contribution in [1.29, 1.82) is 0 Å². The van der Waals surface area contributed by atoms with Crippen molar-refractivity contribution in [3.63, 3.8) is 0 Å². The van der Waals surface area contributed by atoms with Gasteiger partial charge < -0.3 is 5.32 Å². The second-order valence-corrected chi connectivity index (χ2v) is 10.5. The first-order chi connectivity index (χ1) is 16.0. The number of nitrogens with one attached hydrogen (secondary N) is 2. The van der Waals surface area contributed by atoms with Crippen molar-refractivity contribution >= 4 is 15.9 Å². The van der Waals surface area contributed by atoms with E-state index in [1.807, 2.05) is 18.5 Å². The van der Waals surface area contributed by atoms with E-state index in [2.05, 4.69) is 29.0 Å². The van der Waals surface area contributed by atoms with Gasteiger partial charge >= 0.3 is 0 Å². The number of amides is 1. The summed E-state index contributed by atoms with van der Waals surface area (Å²) >= 11 is 0. The minimum atomic E-state index is -3.80. The fourth-order valence-corrected chi connectivity index (χ4v) is 4.76. The Morgan fingerprint density at radius 3 is 2.41 bits per heavy atom. The lowest BCUT2D eigenvalue weighted by molar-refractivity contribution is -0.120. The van der Waals surface area contributed by atoms with Crippen molar-refractivity contribution in [2.45, 2.75) is 58.6 Å². The molecule has 0 bridgehead atoms. The highest BCUT2D eigenvalue weighted by Crippen LogP contribution is 2.16. The number of halogens is 1. The Kier molecular flexibility index (Phi) is 8.22. The molecular weight excluding hydrogens is 455 g/mol. The van der Waals surface area contributed by atoms with Gasteiger partial charge in [0.15, 0.2) is 0 Å². The maximum Gasteiger partial charge on any atom is 0.240 e. The quantitative estimate of drug-likeness (QED) is 0.458. The van der Waals surface area contributed by atoms with E-state index in [0.717, 1.165) is 23.5 Å². The van der Waals surface area contributed by atoms with Crippen LogP contribution < -0.4 is 10.0 Å². The summed E-state index contributed by atoms with van der Waals surface area (Å²) in [5.41, 5.74) is 3.92. The van der Waals surface area contributed by atoms with E-state index in [9.17, 15) is 17.6 Å². The van der Waals surface area contributed by atoms with E-state index in [-0.39, 0.29) is 30.3 Å². The summed E-state index contributed by atoms with van der Waals surface area (Å²) in [7, 11) is -3.80. The lowest BCUT2D eigenvalue weighted by atomic mass is 10.1. The molecule has 1 amide bonds. The SMILES string of the molecule is Cc1nn(CC(C)C)c(C)c1CC(=O)NCc1cccc(S(=O)(=O)NCc2cccc(F)c2)c1. The molecule has 0 saturated heterocycles. The largest absolute Gasteiger partial charge is 0.352 e. The highest BCUT2D eigenvalue weighted by atomic mass is 32.2. The Balaban J connectivity index is 1.61. The average molecular weight is 487 g/mol. The summed E-state index contributed by atoms with van der Waals surface area (Å²) < 4.78 is 43.1. The third kappa shape index (κ3) is 6.74. The first-order valence-electron chi connectivity index (χ1n) is 11.2. The van der Waals surface area contributed by atoms with Crippen molar-refractivity contribution in [1.82, 2.24) is 19.8 Å². The molecule has 0 atom stereocenters. The van der Waals surface area contributed by atoms with Crippen LogP contribution in [0, 0.1) is 25.6 Å². The van der Waals surface area contributed by atoms with Crippen LogP contribution in [-0.2, 0) is 40.9 Å². The summed E-state index contributed by atoms with van der Waals surface area (Å²) in [4.78, 5) is 12.7. The number of carbonyl (C=O) groups excluding carboxylic acids is 1. The van der Waals surface area contributed by atoms with Gasteiger partial charge in [0, 0.05) is 30.9 Å². The van der Waals surface area contributed by atoms with E-state index >= 15 is 0 Å². The van der Waals surface area contributed by atoms with Crippen molar-refractivity contribution in [3.05, 3.63) is 82.4 Å². The van der Waals surface area contributed by atoms with Gasteiger partial charge in [-0.1, -0.05) is 38.1 Å². The first kappa shape index (κ1) is 25.6. The molecule has 0 aliphatic heterocycles. The first-order valence-corrected chi connectivity index (χ1v) is 12.7. The molecule has 0 aliphatic carbocycles. The standard InChI is InChI=1S/C25H31FN4O3S/c1-17(2)16-30-19(4)24(18(3)29-30)13-25(31)27-14-21-8-6-10-23(12-21)34(32,33)28-15-20-7-5-9-22(26)11-20/h5-12,17,28H,13-16H2,1-4H3,(H,27,31). The highest BCUT2D eigenvalue weighted by Gasteiger charge is 2.17. The maximum absolute atomic E-state index is 13.3. The van der Waals surface area contributed by atoms with Crippen molar-refractivity contribution in [3.8, 4) is 0 Å². The molecule has 3 rings (SSSR count). The number of aryl methyl sites for hydroxylation is 1. The van der Waals surface area contributed by atoms with Gasteiger partial charge in [0.05, 0.1) is 17.0 Å². The Morgan fingerprint density at radius 2 is 1.74 bits per heavy atom. The molecule has 2 N–H and O–H groups in total. The zero-order valence-electron chi connectivity index (χ0n) is 19.9. The number of sulfonamides is 1. The molecule has 0 spiro atoms. The maximum atomic E-state index is 13.3. The second kappa shape index (κ2) is 10.9. The fourth-order valence-electron chi connectivity index (χ4n) is 3.67. The normalized spacial score (nSPS) is 11.7. The van der Waals surface area contributed by atoms with Gasteiger partial charge in [0.2, 0.25) is 15.9 Å². The number of aromatic nitrogens is 2. The number of carbonyl (C=O) groups is 1. The Bertz CT molecular complexity index is 1270. The van der Waals surface area contributed by atoms with Gasteiger partial charge in [0.1, 0.15) is 5.82 Å². The molecular formula is C25H31FN4O3S. The lowest BCUT2D eigenvalue weighted by Gasteiger charge is -2.10. The lowest BCUT2D eigenvalue weighted by Crippen LogP contribution is -2.26. The van der Waals surface area contributed by atoms with Crippen LogP contribution in [0.15, 0.2) is 53.4 Å². The zero-order chi connectivity index (χ0) is 24.9. The molecule has 0 unspecified atom stereocenters. The van der Waals surface area contributed by atoms with Crippen LogP contribution in [0.5, 0.6) is 0 Å². The molecule has 0 radical (unpaired) electrons. The van der Waals surface area contributed by atoms with Gasteiger partial charge in [-0.25, -0.2) is 17.5 Å². The third-order valence-corrected chi connectivity index (χ3v) is 6.86. The number of hydrogen-bond donors (Lipinski definition) is 2. The third-order valence-electron chi connectivity index (χ3n) is 5.46. The summed E-state index contributed by atoms with van der Waals surface area (Å²) in [5.74, 6) is -0.133. The number of nitrogens with zero attached hydrogens (tertiary/aromatic N) is 2. The van der Waals surface area contributed by atoms with Crippen LogP contribution in [0.4, 0.5) is 4.39 Å². The van der Waals surface area contributed by atoms with Gasteiger partial charge in [-0.3, -0.25) is 9.48 Å². The van der Waals surface area contributed by atoms with Crippen LogP contribution in [0.25, 0.3) is 0 Å². The summed E-state index contributed by atoms with van der Waals surface area (Å²) in [5, 5.41) is 7.41. The smallest absolute Gasteiger partial charge is 0.240 e. The molecule has 0 aliphatic rings. The Labute approximate surface area is 200 Å². The van der Waals surface area contributed by atoms with E-state index in [1.54, 1.807) is 18.2 Å². The Morgan fingerprint density at radius 1 is 1.06 bits per heavy atom. The molecule has 182 valence electrons. The molecule has 0 fully saturated rings. The molecule has 2 aromatic carbocycles.